The van der Waals surface area contributed by atoms with Gasteiger partial charge in [0, 0.05) is 11.7 Å². The number of aromatic nitrogens is 2. The molecule has 1 aromatic carbocycles. The molecule has 2 rings (SSSR count). The molecule has 1 heterocycles. The number of nitrogens with one attached hydrogen (secondary N) is 2. The minimum Gasteiger partial charge on any atom is -0.366 e. The van der Waals surface area contributed by atoms with E-state index in [1.54, 1.807) is 6.20 Å². The Labute approximate surface area is 137 Å². The van der Waals surface area contributed by atoms with Crippen LogP contribution in [0.1, 0.15) is 56.1 Å². The Morgan fingerprint density at radius 2 is 1.78 bits per heavy atom. The van der Waals surface area contributed by atoms with E-state index in [1.165, 1.54) is 11.8 Å². The summed E-state index contributed by atoms with van der Waals surface area (Å²) in [6.45, 7) is 8.44. The van der Waals surface area contributed by atoms with E-state index in [-0.39, 0.29) is 5.91 Å². The van der Waals surface area contributed by atoms with Gasteiger partial charge < -0.3 is 10.6 Å². The number of anilines is 2. The lowest BCUT2D eigenvalue weighted by Crippen LogP contribution is -2.17. The lowest BCUT2D eigenvalue weighted by molar-refractivity contribution is 0.102. The summed E-state index contributed by atoms with van der Waals surface area (Å²) in [5.74, 6) is 0.887. The third-order valence-electron chi connectivity index (χ3n) is 3.73. The summed E-state index contributed by atoms with van der Waals surface area (Å²) in [4.78, 5) is 20.6. The molecule has 0 radical (unpaired) electrons. The Hall–Kier alpha value is -2.43. The van der Waals surface area contributed by atoms with Gasteiger partial charge in [-0.3, -0.25) is 4.79 Å². The van der Waals surface area contributed by atoms with Crippen molar-refractivity contribution in [3.05, 3.63) is 47.9 Å². The van der Waals surface area contributed by atoms with Gasteiger partial charge in [0.1, 0.15) is 11.5 Å². The van der Waals surface area contributed by atoms with Crippen molar-refractivity contribution in [2.75, 3.05) is 10.6 Å². The number of amides is 1. The Bertz CT molecular complexity index is 635. The molecule has 0 aliphatic heterocycles. The fourth-order valence-electron chi connectivity index (χ4n) is 2.02. The molecule has 0 saturated carbocycles. The molecular formula is C18H24N4O. The summed E-state index contributed by atoms with van der Waals surface area (Å²) >= 11 is 0. The van der Waals surface area contributed by atoms with Crippen molar-refractivity contribution in [3.63, 3.8) is 0 Å². The molecule has 0 spiro atoms. The lowest BCUT2D eigenvalue weighted by Gasteiger charge is -2.11. The van der Waals surface area contributed by atoms with Gasteiger partial charge in [-0.15, -0.1) is 0 Å². The van der Waals surface area contributed by atoms with Crippen LogP contribution in [-0.2, 0) is 0 Å². The summed E-state index contributed by atoms with van der Waals surface area (Å²) in [5.41, 5.74) is 2.29. The molecular weight excluding hydrogens is 288 g/mol. The van der Waals surface area contributed by atoms with E-state index in [9.17, 15) is 4.79 Å². The van der Waals surface area contributed by atoms with Gasteiger partial charge in [-0.05, 0) is 37.0 Å². The van der Waals surface area contributed by atoms with E-state index in [2.05, 4.69) is 48.3 Å². The number of carbonyl (C=O) groups is 1. The van der Waals surface area contributed by atoms with Crippen molar-refractivity contribution in [2.24, 2.45) is 0 Å². The summed E-state index contributed by atoms with van der Waals surface area (Å²) in [7, 11) is 0. The number of carbonyl (C=O) groups excluding carboxylic acids is 1. The highest BCUT2D eigenvalue weighted by Crippen LogP contribution is 2.17. The molecule has 23 heavy (non-hydrogen) atoms. The maximum Gasteiger partial charge on any atom is 0.275 e. The zero-order valence-corrected chi connectivity index (χ0v) is 14.1. The molecule has 5 nitrogen and oxygen atoms in total. The number of hydrogen-bond acceptors (Lipinski definition) is 4. The standard InChI is InChI=1S/C18H24N4O/c1-5-13(4)21-17-11-19-16(10-20-17)18(23)22-15-8-6-14(7-9-15)12(2)3/h6-13H,5H2,1-4H3,(H,20,21)(H,22,23). The van der Waals surface area contributed by atoms with Crippen molar-refractivity contribution >= 4 is 17.4 Å². The Balaban J connectivity index is 2.00. The van der Waals surface area contributed by atoms with Gasteiger partial charge in [-0.2, -0.15) is 0 Å². The van der Waals surface area contributed by atoms with Crippen LogP contribution >= 0.6 is 0 Å². The normalized spacial score (nSPS) is 12.0. The van der Waals surface area contributed by atoms with Crippen molar-refractivity contribution in [1.82, 2.24) is 9.97 Å². The van der Waals surface area contributed by atoms with E-state index in [0.29, 0.717) is 23.5 Å². The van der Waals surface area contributed by atoms with Crippen LogP contribution in [0.5, 0.6) is 0 Å². The van der Waals surface area contributed by atoms with Crippen LogP contribution in [0.25, 0.3) is 0 Å². The van der Waals surface area contributed by atoms with E-state index in [4.69, 9.17) is 0 Å². The Kier molecular flexibility index (Phi) is 5.68. The van der Waals surface area contributed by atoms with Gasteiger partial charge in [0.25, 0.3) is 5.91 Å². The average Bonchev–Trinajstić information content (AvgIpc) is 2.55. The van der Waals surface area contributed by atoms with Crippen LogP contribution in [0.4, 0.5) is 11.5 Å². The van der Waals surface area contributed by atoms with Gasteiger partial charge in [0.05, 0.1) is 12.4 Å². The molecule has 0 bridgehead atoms. The third-order valence-corrected chi connectivity index (χ3v) is 3.73. The number of rotatable bonds is 6. The third kappa shape index (κ3) is 4.77. The fraction of sp³-hybridized carbons (Fsp3) is 0.389. The highest BCUT2D eigenvalue weighted by Gasteiger charge is 2.09. The molecule has 1 atom stereocenters. The van der Waals surface area contributed by atoms with Gasteiger partial charge >= 0.3 is 0 Å². The molecule has 0 aliphatic carbocycles. The molecule has 0 aliphatic rings. The van der Waals surface area contributed by atoms with Crippen LogP contribution in [0.2, 0.25) is 0 Å². The number of benzene rings is 1. The zero-order valence-electron chi connectivity index (χ0n) is 14.1. The second kappa shape index (κ2) is 7.72. The van der Waals surface area contributed by atoms with E-state index in [1.807, 2.05) is 24.3 Å². The highest BCUT2D eigenvalue weighted by atomic mass is 16.1. The molecule has 5 heteroatoms. The Morgan fingerprint density at radius 1 is 1.09 bits per heavy atom. The first-order valence-corrected chi connectivity index (χ1v) is 7.99. The SMILES string of the molecule is CCC(C)Nc1cnc(C(=O)Nc2ccc(C(C)C)cc2)cn1. The monoisotopic (exact) mass is 312 g/mol. The van der Waals surface area contributed by atoms with Crippen molar-refractivity contribution < 1.29 is 4.79 Å². The van der Waals surface area contributed by atoms with Crippen LogP contribution in [-0.4, -0.2) is 21.9 Å². The number of nitrogens with zero attached hydrogens (tertiary/aromatic N) is 2. The maximum atomic E-state index is 12.2. The summed E-state index contributed by atoms with van der Waals surface area (Å²) < 4.78 is 0. The minimum atomic E-state index is -0.259. The quantitative estimate of drug-likeness (QED) is 0.844. The number of hydrogen-bond donors (Lipinski definition) is 2. The Morgan fingerprint density at radius 3 is 2.30 bits per heavy atom. The van der Waals surface area contributed by atoms with Crippen molar-refractivity contribution in [2.45, 2.75) is 46.1 Å². The molecule has 122 valence electrons. The lowest BCUT2D eigenvalue weighted by atomic mass is 10.0. The zero-order chi connectivity index (χ0) is 16.8. The fourth-order valence-corrected chi connectivity index (χ4v) is 2.02. The van der Waals surface area contributed by atoms with Crippen LogP contribution in [0, 0.1) is 0 Å². The van der Waals surface area contributed by atoms with Gasteiger partial charge in [0.15, 0.2) is 0 Å². The predicted octanol–water partition coefficient (Wildman–Crippen LogP) is 4.06. The molecule has 1 aromatic heterocycles. The predicted molar refractivity (Wildman–Crippen MR) is 93.9 cm³/mol. The van der Waals surface area contributed by atoms with E-state index < -0.39 is 0 Å². The minimum absolute atomic E-state index is 0.259. The molecule has 2 aromatic rings. The summed E-state index contributed by atoms with van der Waals surface area (Å²) in [5, 5.41) is 6.05. The van der Waals surface area contributed by atoms with Crippen molar-refractivity contribution in [3.8, 4) is 0 Å². The van der Waals surface area contributed by atoms with Gasteiger partial charge in [-0.25, -0.2) is 9.97 Å². The van der Waals surface area contributed by atoms with E-state index in [0.717, 1.165) is 12.1 Å². The first-order valence-electron chi connectivity index (χ1n) is 7.99. The van der Waals surface area contributed by atoms with Gasteiger partial charge in [-0.1, -0.05) is 32.9 Å². The first-order chi connectivity index (χ1) is 11.0. The molecule has 0 fully saturated rings. The van der Waals surface area contributed by atoms with E-state index >= 15 is 0 Å². The van der Waals surface area contributed by atoms with Crippen LogP contribution < -0.4 is 10.6 Å². The van der Waals surface area contributed by atoms with Gasteiger partial charge in [0.2, 0.25) is 0 Å². The second-order valence-electron chi connectivity index (χ2n) is 5.97. The highest BCUT2D eigenvalue weighted by molar-refractivity contribution is 6.02. The van der Waals surface area contributed by atoms with Crippen LogP contribution in [0.3, 0.4) is 0 Å². The maximum absolute atomic E-state index is 12.2. The van der Waals surface area contributed by atoms with Crippen molar-refractivity contribution in [1.29, 1.82) is 0 Å². The molecule has 2 N–H and O–H groups in total. The second-order valence-corrected chi connectivity index (χ2v) is 5.97. The smallest absolute Gasteiger partial charge is 0.275 e. The molecule has 0 saturated heterocycles. The largest absolute Gasteiger partial charge is 0.366 e. The summed E-state index contributed by atoms with van der Waals surface area (Å²) in [6.07, 6.45) is 4.07. The average molecular weight is 312 g/mol. The summed E-state index contributed by atoms with van der Waals surface area (Å²) in [6, 6.07) is 8.17. The molecule has 1 amide bonds. The first kappa shape index (κ1) is 16.9. The van der Waals surface area contributed by atoms with Crippen LogP contribution in [0.15, 0.2) is 36.7 Å². The molecule has 1 unspecified atom stereocenters. The topological polar surface area (TPSA) is 66.9 Å².